The van der Waals surface area contributed by atoms with E-state index in [2.05, 4.69) is 21.9 Å². The van der Waals surface area contributed by atoms with E-state index < -0.39 is 0 Å². The number of hydrogen-bond acceptors (Lipinski definition) is 2. The Bertz CT molecular complexity index is 510. The van der Waals surface area contributed by atoms with Crippen molar-refractivity contribution in [2.75, 3.05) is 0 Å². The van der Waals surface area contributed by atoms with E-state index in [4.69, 9.17) is 0 Å². The van der Waals surface area contributed by atoms with Crippen molar-refractivity contribution in [3.63, 3.8) is 0 Å². The predicted octanol–water partition coefficient (Wildman–Crippen LogP) is 1.51. The molecule has 0 unspecified atom stereocenters. The molecule has 0 atom stereocenters. The Morgan fingerprint density at radius 1 is 1.43 bits per heavy atom. The summed E-state index contributed by atoms with van der Waals surface area (Å²) in [5.74, 6) is 0.657. The number of aryl methyl sites for hydroxylation is 2. The highest BCUT2D eigenvalue weighted by Crippen LogP contribution is 2.10. The van der Waals surface area contributed by atoms with Gasteiger partial charge in [-0.2, -0.15) is 0 Å². The zero-order chi connectivity index (χ0) is 10.1. The summed E-state index contributed by atoms with van der Waals surface area (Å²) in [5, 5.41) is 0. The van der Waals surface area contributed by atoms with Crippen LogP contribution in [0.1, 0.15) is 24.9 Å². The summed E-state index contributed by atoms with van der Waals surface area (Å²) in [6, 6.07) is 1.95. The normalized spacial score (nSPS) is 11.0. The van der Waals surface area contributed by atoms with Crippen LogP contribution in [0.15, 0.2) is 10.9 Å². The maximum Gasteiger partial charge on any atom is 0.275 e. The molecular formula is C10H13N3O. The quantitative estimate of drug-likeness (QED) is 0.755. The molecule has 0 aliphatic rings. The predicted molar refractivity (Wildman–Crippen MR) is 55.4 cm³/mol. The summed E-state index contributed by atoms with van der Waals surface area (Å²) < 4.78 is 0. The molecule has 0 aromatic carbocycles. The lowest BCUT2D eigenvalue weighted by molar-refractivity contribution is 0.895. The lowest BCUT2D eigenvalue weighted by Crippen LogP contribution is -2.09. The van der Waals surface area contributed by atoms with E-state index in [-0.39, 0.29) is 5.56 Å². The number of fused-ring (bicyclic) bond motifs is 1. The van der Waals surface area contributed by atoms with Gasteiger partial charge in [0.1, 0.15) is 11.3 Å². The molecule has 4 heteroatoms. The molecule has 2 N–H and O–H groups in total. The van der Waals surface area contributed by atoms with Crippen molar-refractivity contribution in [2.24, 2.45) is 0 Å². The van der Waals surface area contributed by atoms with Crippen LogP contribution in [-0.2, 0) is 6.42 Å². The van der Waals surface area contributed by atoms with Crippen molar-refractivity contribution in [2.45, 2.75) is 26.7 Å². The molecule has 14 heavy (non-hydrogen) atoms. The van der Waals surface area contributed by atoms with Crippen LogP contribution in [0.5, 0.6) is 0 Å². The average Bonchev–Trinajstić information content (AvgIpc) is 2.48. The topological polar surface area (TPSA) is 61.5 Å². The van der Waals surface area contributed by atoms with Crippen molar-refractivity contribution in [1.29, 1.82) is 0 Å². The van der Waals surface area contributed by atoms with Crippen molar-refractivity contribution >= 4 is 11.0 Å². The Kier molecular flexibility index (Phi) is 2.11. The van der Waals surface area contributed by atoms with Crippen molar-refractivity contribution < 1.29 is 0 Å². The number of aromatic nitrogens is 3. The molecule has 0 radical (unpaired) electrons. The third-order valence-electron chi connectivity index (χ3n) is 2.18. The summed E-state index contributed by atoms with van der Waals surface area (Å²) >= 11 is 0. The number of hydrogen-bond donors (Lipinski definition) is 2. The van der Waals surface area contributed by atoms with Gasteiger partial charge in [0, 0.05) is 5.69 Å². The third-order valence-corrected chi connectivity index (χ3v) is 2.18. The highest BCUT2D eigenvalue weighted by atomic mass is 16.1. The largest absolute Gasteiger partial charge is 0.353 e. The number of nitrogens with one attached hydrogen (secondary N) is 2. The molecule has 0 fully saturated rings. The van der Waals surface area contributed by atoms with Gasteiger partial charge in [0.15, 0.2) is 0 Å². The molecule has 0 aliphatic heterocycles. The van der Waals surface area contributed by atoms with E-state index >= 15 is 0 Å². The minimum Gasteiger partial charge on any atom is -0.353 e. The van der Waals surface area contributed by atoms with Gasteiger partial charge in [-0.1, -0.05) is 13.3 Å². The zero-order valence-electron chi connectivity index (χ0n) is 8.35. The fourth-order valence-electron chi connectivity index (χ4n) is 1.60. The highest BCUT2D eigenvalue weighted by Gasteiger charge is 2.05. The third kappa shape index (κ3) is 1.43. The molecule has 0 saturated heterocycles. The lowest BCUT2D eigenvalue weighted by Gasteiger charge is -1.90. The number of rotatable bonds is 2. The van der Waals surface area contributed by atoms with Crippen LogP contribution in [0.4, 0.5) is 0 Å². The zero-order valence-corrected chi connectivity index (χ0v) is 8.35. The van der Waals surface area contributed by atoms with Crippen molar-refractivity contribution in [3.8, 4) is 0 Å². The first-order valence-corrected chi connectivity index (χ1v) is 4.79. The Morgan fingerprint density at radius 2 is 2.21 bits per heavy atom. The fraction of sp³-hybridized carbons (Fsp3) is 0.400. The van der Waals surface area contributed by atoms with Crippen LogP contribution in [-0.4, -0.2) is 15.0 Å². The standard InChI is InChI=1S/C10H13N3O/c1-3-4-7-5-8-9(13-7)10(14)12-6(2)11-8/h5,13H,3-4H2,1-2H3,(H,11,12,14). The molecule has 0 bridgehead atoms. The second-order valence-electron chi connectivity index (χ2n) is 3.46. The Balaban J connectivity index is 2.65. The summed E-state index contributed by atoms with van der Waals surface area (Å²) in [4.78, 5) is 21.5. The first-order valence-electron chi connectivity index (χ1n) is 4.79. The van der Waals surface area contributed by atoms with Gasteiger partial charge in [-0.05, 0) is 19.4 Å². The molecule has 2 rings (SSSR count). The first kappa shape index (κ1) is 8.99. The maximum absolute atomic E-state index is 11.5. The van der Waals surface area contributed by atoms with Crippen molar-refractivity contribution in [1.82, 2.24) is 15.0 Å². The van der Waals surface area contributed by atoms with E-state index in [0.29, 0.717) is 11.3 Å². The summed E-state index contributed by atoms with van der Waals surface area (Å²) in [7, 11) is 0. The molecule has 4 nitrogen and oxygen atoms in total. The molecule has 0 amide bonds. The van der Waals surface area contributed by atoms with Gasteiger partial charge in [-0.3, -0.25) is 4.79 Å². The van der Waals surface area contributed by atoms with E-state index in [9.17, 15) is 4.79 Å². The molecule has 0 spiro atoms. The lowest BCUT2D eigenvalue weighted by atomic mass is 10.2. The van der Waals surface area contributed by atoms with Gasteiger partial charge in [0.2, 0.25) is 0 Å². The monoisotopic (exact) mass is 191 g/mol. The maximum atomic E-state index is 11.5. The van der Waals surface area contributed by atoms with Crippen LogP contribution in [0.25, 0.3) is 11.0 Å². The highest BCUT2D eigenvalue weighted by molar-refractivity contribution is 5.74. The minimum absolute atomic E-state index is 0.0881. The molecule has 2 aromatic rings. The summed E-state index contributed by atoms with van der Waals surface area (Å²) in [6.45, 7) is 3.89. The molecule has 2 heterocycles. The molecule has 2 aromatic heterocycles. The van der Waals surface area contributed by atoms with Gasteiger partial charge in [-0.25, -0.2) is 4.98 Å². The smallest absolute Gasteiger partial charge is 0.275 e. The summed E-state index contributed by atoms with van der Waals surface area (Å²) in [5.41, 5.74) is 2.33. The van der Waals surface area contributed by atoms with Gasteiger partial charge in [0.25, 0.3) is 5.56 Å². The first-order chi connectivity index (χ1) is 6.70. The second-order valence-corrected chi connectivity index (χ2v) is 3.46. The van der Waals surface area contributed by atoms with Crippen LogP contribution in [0, 0.1) is 6.92 Å². The van der Waals surface area contributed by atoms with Gasteiger partial charge >= 0.3 is 0 Å². The molecule has 0 saturated carbocycles. The van der Waals surface area contributed by atoms with Gasteiger partial charge in [-0.15, -0.1) is 0 Å². The van der Waals surface area contributed by atoms with E-state index in [1.54, 1.807) is 6.92 Å². The Hall–Kier alpha value is -1.58. The molecule has 0 aliphatic carbocycles. The van der Waals surface area contributed by atoms with E-state index in [1.807, 2.05) is 6.07 Å². The van der Waals surface area contributed by atoms with Crippen molar-refractivity contribution in [3.05, 3.63) is 27.9 Å². The van der Waals surface area contributed by atoms with Gasteiger partial charge < -0.3 is 9.97 Å². The Morgan fingerprint density at radius 3 is 2.93 bits per heavy atom. The number of aromatic amines is 2. The van der Waals surface area contributed by atoms with Crippen LogP contribution < -0.4 is 5.56 Å². The SMILES string of the molecule is CCCc1cc2nc(C)[nH]c(=O)c2[nH]1. The molecular weight excluding hydrogens is 178 g/mol. The number of H-pyrrole nitrogens is 2. The van der Waals surface area contributed by atoms with Crippen LogP contribution >= 0.6 is 0 Å². The molecule has 74 valence electrons. The average molecular weight is 191 g/mol. The van der Waals surface area contributed by atoms with Crippen LogP contribution in [0.2, 0.25) is 0 Å². The second kappa shape index (κ2) is 3.29. The fourth-order valence-corrected chi connectivity index (χ4v) is 1.60. The van der Waals surface area contributed by atoms with Crippen LogP contribution in [0.3, 0.4) is 0 Å². The van der Waals surface area contributed by atoms with E-state index in [1.165, 1.54) is 0 Å². The number of nitrogens with zero attached hydrogens (tertiary/aromatic N) is 1. The summed E-state index contributed by atoms with van der Waals surface area (Å²) in [6.07, 6.45) is 2.01. The van der Waals surface area contributed by atoms with E-state index in [0.717, 1.165) is 24.1 Å². The van der Waals surface area contributed by atoms with Gasteiger partial charge in [0.05, 0.1) is 5.52 Å². The Labute approximate surface area is 81.4 Å². The minimum atomic E-state index is -0.0881.